The molecule has 0 atom stereocenters. The van der Waals surface area contributed by atoms with Crippen molar-refractivity contribution in [2.45, 2.75) is 17.8 Å². The number of hydrogen-bond donors (Lipinski definition) is 0. The van der Waals surface area contributed by atoms with Gasteiger partial charge in [0.15, 0.2) is 11.0 Å². The van der Waals surface area contributed by atoms with Gasteiger partial charge in [-0.05, 0) is 61.0 Å². The van der Waals surface area contributed by atoms with Crippen LogP contribution < -0.4 is 4.74 Å². The lowest BCUT2D eigenvalue weighted by Gasteiger charge is -2.11. The van der Waals surface area contributed by atoms with Crippen molar-refractivity contribution in [3.8, 4) is 22.8 Å². The molecule has 0 spiro atoms. The zero-order chi connectivity index (χ0) is 20.2. The first-order chi connectivity index (χ1) is 14.1. The summed E-state index contributed by atoms with van der Waals surface area (Å²) in [5.41, 5.74) is 4.44. The molecule has 4 nitrogen and oxygen atoms in total. The van der Waals surface area contributed by atoms with Crippen molar-refractivity contribution in [3.05, 3.63) is 88.9 Å². The van der Waals surface area contributed by atoms with E-state index in [2.05, 4.69) is 46.0 Å². The van der Waals surface area contributed by atoms with E-state index >= 15 is 0 Å². The minimum atomic E-state index is 0.696. The van der Waals surface area contributed by atoms with E-state index in [1.165, 1.54) is 11.1 Å². The van der Waals surface area contributed by atoms with Gasteiger partial charge in [-0.1, -0.05) is 53.2 Å². The van der Waals surface area contributed by atoms with Crippen molar-refractivity contribution < 1.29 is 4.74 Å². The molecule has 4 rings (SSSR count). The van der Waals surface area contributed by atoms with Gasteiger partial charge in [0.25, 0.3) is 0 Å². The summed E-state index contributed by atoms with van der Waals surface area (Å²) in [4.78, 5) is 0. The van der Waals surface area contributed by atoms with Crippen LogP contribution in [0.4, 0.5) is 0 Å². The van der Waals surface area contributed by atoms with Crippen LogP contribution in [0.15, 0.2) is 78.0 Å². The summed E-state index contributed by atoms with van der Waals surface area (Å²) in [6.45, 7) is 2.09. The molecule has 4 aromatic rings. The highest BCUT2D eigenvalue weighted by atomic mass is 35.5. The summed E-state index contributed by atoms with van der Waals surface area (Å²) >= 11 is 7.76. The molecular weight excluding hydrogens is 402 g/mol. The van der Waals surface area contributed by atoms with Crippen LogP contribution in [0.1, 0.15) is 11.1 Å². The van der Waals surface area contributed by atoms with Crippen molar-refractivity contribution in [3.63, 3.8) is 0 Å². The summed E-state index contributed by atoms with van der Waals surface area (Å²) in [5, 5.41) is 10.5. The lowest BCUT2D eigenvalue weighted by atomic mass is 10.2. The van der Waals surface area contributed by atoms with Gasteiger partial charge in [-0.25, -0.2) is 0 Å². The van der Waals surface area contributed by atoms with Crippen LogP contribution in [0.25, 0.3) is 17.1 Å². The Labute approximate surface area is 179 Å². The van der Waals surface area contributed by atoms with E-state index in [0.717, 1.165) is 33.7 Å². The first-order valence-electron chi connectivity index (χ1n) is 9.18. The van der Waals surface area contributed by atoms with Gasteiger partial charge in [-0.3, -0.25) is 4.57 Å². The number of hydrogen-bond acceptors (Lipinski definition) is 4. The zero-order valence-corrected chi connectivity index (χ0v) is 17.7. The maximum absolute atomic E-state index is 6.10. The Hall–Kier alpha value is -2.76. The number of ether oxygens (including phenoxy) is 1. The van der Waals surface area contributed by atoms with E-state index in [0.29, 0.717) is 5.02 Å². The fourth-order valence-electron chi connectivity index (χ4n) is 2.95. The maximum Gasteiger partial charge on any atom is 0.196 e. The molecule has 3 aromatic carbocycles. The van der Waals surface area contributed by atoms with Crippen LogP contribution in [0.2, 0.25) is 5.02 Å². The average molecular weight is 422 g/mol. The number of aromatic nitrogens is 3. The lowest BCUT2D eigenvalue weighted by molar-refractivity contribution is 0.415. The molecule has 29 heavy (non-hydrogen) atoms. The molecule has 146 valence electrons. The standard InChI is InChI=1S/C23H20ClN3OS/c1-16-3-5-17(6-4-16)15-29-23-26-25-22(18-7-13-21(28-2)14-8-18)27(23)20-11-9-19(24)10-12-20/h3-14H,15H2,1-2H3. The number of methoxy groups -OCH3 is 1. The number of benzene rings is 3. The average Bonchev–Trinajstić information content (AvgIpc) is 3.18. The fraction of sp³-hybridized carbons (Fsp3) is 0.130. The lowest BCUT2D eigenvalue weighted by Crippen LogP contribution is -2.00. The Balaban J connectivity index is 1.71. The largest absolute Gasteiger partial charge is 0.497 e. The van der Waals surface area contributed by atoms with E-state index in [4.69, 9.17) is 16.3 Å². The van der Waals surface area contributed by atoms with Crippen LogP contribution in [-0.2, 0) is 5.75 Å². The Bertz CT molecular complexity index is 1090. The molecule has 0 N–H and O–H groups in total. The van der Waals surface area contributed by atoms with Gasteiger partial charge in [-0.15, -0.1) is 10.2 Å². The third-order valence-electron chi connectivity index (χ3n) is 4.55. The zero-order valence-electron chi connectivity index (χ0n) is 16.2. The van der Waals surface area contributed by atoms with Crippen LogP contribution in [-0.4, -0.2) is 21.9 Å². The molecule has 1 heterocycles. The van der Waals surface area contributed by atoms with Gasteiger partial charge < -0.3 is 4.74 Å². The minimum absolute atomic E-state index is 0.696. The van der Waals surface area contributed by atoms with Gasteiger partial charge in [0.1, 0.15) is 5.75 Å². The predicted molar refractivity (Wildman–Crippen MR) is 119 cm³/mol. The highest BCUT2D eigenvalue weighted by molar-refractivity contribution is 7.98. The number of nitrogens with zero attached hydrogens (tertiary/aromatic N) is 3. The number of thioether (sulfide) groups is 1. The molecule has 0 aliphatic heterocycles. The number of rotatable bonds is 6. The first-order valence-corrected chi connectivity index (χ1v) is 10.5. The SMILES string of the molecule is COc1ccc(-c2nnc(SCc3ccc(C)cc3)n2-c2ccc(Cl)cc2)cc1. The monoisotopic (exact) mass is 421 g/mol. The van der Waals surface area contributed by atoms with Crippen molar-refractivity contribution in [2.75, 3.05) is 7.11 Å². The summed E-state index contributed by atoms with van der Waals surface area (Å²) in [6.07, 6.45) is 0. The molecule has 0 saturated carbocycles. The minimum Gasteiger partial charge on any atom is -0.497 e. The molecule has 0 aliphatic carbocycles. The highest BCUT2D eigenvalue weighted by Gasteiger charge is 2.16. The molecule has 6 heteroatoms. The van der Waals surface area contributed by atoms with Crippen molar-refractivity contribution in [2.24, 2.45) is 0 Å². The van der Waals surface area contributed by atoms with E-state index in [9.17, 15) is 0 Å². The third kappa shape index (κ3) is 4.47. The summed E-state index contributed by atoms with van der Waals surface area (Å²) in [6, 6.07) is 24.1. The second-order valence-corrected chi connectivity index (χ2v) is 8.00. The molecular formula is C23H20ClN3OS. The van der Waals surface area contributed by atoms with Gasteiger partial charge in [0.2, 0.25) is 0 Å². The second kappa shape index (κ2) is 8.72. The van der Waals surface area contributed by atoms with Gasteiger partial charge in [-0.2, -0.15) is 0 Å². The summed E-state index contributed by atoms with van der Waals surface area (Å²) in [5.74, 6) is 2.40. The fourth-order valence-corrected chi connectivity index (χ4v) is 3.98. The predicted octanol–water partition coefficient (Wildman–Crippen LogP) is 6.20. The van der Waals surface area contributed by atoms with Crippen LogP contribution in [0.5, 0.6) is 5.75 Å². The Morgan fingerprint density at radius 3 is 2.24 bits per heavy atom. The Morgan fingerprint density at radius 1 is 0.897 bits per heavy atom. The molecule has 0 radical (unpaired) electrons. The van der Waals surface area contributed by atoms with Gasteiger partial charge in [0.05, 0.1) is 7.11 Å². The van der Waals surface area contributed by atoms with Crippen LogP contribution >= 0.6 is 23.4 Å². The Morgan fingerprint density at radius 2 is 1.59 bits per heavy atom. The molecule has 1 aromatic heterocycles. The van der Waals surface area contributed by atoms with Gasteiger partial charge >= 0.3 is 0 Å². The van der Waals surface area contributed by atoms with E-state index in [-0.39, 0.29) is 0 Å². The maximum atomic E-state index is 6.10. The first kappa shape index (κ1) is 19.6. The van der Waals surface area contributed by atoms with Crippen LogP contribution in [0.3, 0.4) is 0 Å². The molecule has 0 saturated heterocycles. The highest BCUT2D eigenvalue weighted by Crippen LogP contribution is 2.31. The quantitative estimate of drug-likeness (QED) is 0.347. The normalized spacial score (nSPS) is 10.9. The molecule has 0 amide bonds. The third-order valence-corrected chi connectivity index (χ3v) is 5.81. The topological polar surface area (TPSA) is 39.9 Å². The molecule has 0 aliphatic rings. The Kier molecular flexibility index (Phi) is 5.88. The molecule has 0 unspecified atom stereocenters. The van der Waals surface area contributed by atoms with Crippen molar-refractivity contribution in [1.82, 2.24) is 14.8 Å². The molecule has 0 bridgehead atoms. The molecule has 0 fully saturated rings. The van der Waals surface area contributed by atoms with E-state index in [1.54, 1.807) is 18.9 Å². The number of aryl methyl sites for hydroxylation is 1. The van der Waals surface area contributed by atoms with E-state index < -0.39 is 0 Å². The smallest absolute Gasteiger partial charge is 0.196 e. The summed E-state index contributed by atoms with van der Waals surface area (Å²) in [7, 11) is 1.66. The van der Waals surface area contributed by atoms with Crippen molar-refractivity contribution in [1.29, 1.82) is 0 Å². The van der Waals surface area contributed by atoms with Gasteiger partial charge in [0, 0.05) is 22.0 Å². The summed E-state index contributed by atoms with van der Waals surface area (Å²) < 4.78 is 7.34. The van der Waals surface area contributed by atoms with Crippen molar-refractivity contribution >= 4 is 23.4 Å². The second-order valence-electron chi connectivity index (χ2n) is 6.62. The van der Waals surface area contributed by atoms with E-state index in [1.807, 2.05) is 48.5 Å². The number of halogens is 1. The van der Waals surface area contributed by atoms with Crippen LogP contribution in [0, 0.1) is 6.92 Å².